The number of benzene rings is 2. The number of carbonyl (C=O) groups is 8. The van der Waals surface area contributed by atoms with Crippen molar-refractivity contribution in [2.24, 2.45) is 22.5 Å². The molecule has 2 aliphatic heterocycles. The molecule has 2 aromatic heterocycles. The maximum Gasteiger partial charge on any atom is 0.329 e. The largest absolute Gasteiger partial charge is 0.481 e. The molecule has 2 saturated heterocycles. The number of carboxylic acids is 3. The zero-order chi connectivity index (χ0) is 60.2. The lowest BCUT2D eigenvalue weighted by Crippen LogP contribution is -2.53. The number of aryl methyl sites for hydroxylation is 4. The number of aliphatic carboxylic acids is 3. The van der Waals surface area contributed by atoms with Crippen LogP contribution >= 0.6 is 22.7 Å². The normalized spacial score (nSPS) is 17.8. The van der Waals surface area contributed by atoms with Gasteiger partial charge in [0.1, 0.15) is 13.2 Å². The Hall–Kier alpha value is -6.14. The quantitative estimate of drug-likeness (QED) is 0.0345. The lowest BCUT2D eigenvalue weighted by Gasteiger charge is -2.34. The minimum atomic E-state index is -1.04. The molecule has 0 bridgehead atoms. The van der Waals surface area contributed by atoms with Crippen LogP contribution in [0.3, 0.4) is 0 Å². The molecule has 0 radical (unpaired) electrons. The number of carbonyl (C=O) groups excluding carboxylic acids is 5. The van der Waals surface area contributed by atoms with Gasteiger partial charge in [0.25, 0.3) is 0 Å². The number of amides is 2. The van der Waals surface area contributed by atoms with Gasteiger partial charge in [-0.05, 0) is 72.6 Å². The van der Waals surface area contributed by atoms with Gasteiger partial charge in [0, 0.05) is 77.2 Å². The van der Waals surface area contributed by atoms with Gasteiger partial charge in [0.2, 0.25) is 11.8 Å². The molecule has 81 heavy (non-hydrogen) atoms. The maximum absolute atomic E-state index is 13.7. The number of nitrogens with zero attached hydrogens (tertiary/aromatic N) is 4. The summed E-state index contributed by atoms with van der Waals surface area (Å²) in [7, 11) is 0. The maximum atomic E-state index is 13.7. The minimum absolute atomic E-state index is 0.0135. The third-order valence-corrected chi connectivity index (χ3v) is 15.9. The van der Waals surface area contributed by atoms with Crippen LogP contribution in [0.15, 0.2) is 59.6 Å². The van der Waals surface area contributed by atoms with Crippen LogP contribution in [-0.4, -0.2) is 162 Å². The van der Waals surface area contributed by atoms with Crippen molar-refractivity contribution >= 4 is 69.7 Å². The standard InChI is InChI=1S/C30H40N2O7S.C23H31N3O3S.C6H10O5/c1-19-28(40-18-31-19)21-10-7-20(8-11-21)9-12-26(35)25-15-22(33)16-32(25)29(38)24(30(2,3)4)14-23(34)17-39-13-5-6-27(36)37;1-14-20(30-13-25-14)16-8-5-15(6-9-16)7-10-19(28)18-11-17(27)12-26(18)22(29)21(24)23(2,3)4;7-5(8)2-1-3-11-4-6(9)10/h7-8,10-11,18,22,24-25,33H,5-6,9,12-17H2,1-4H3,(H,36,37);5-6,8-9,13,17-18,21,27H,7,10-12,24H2,1-4H3;1-4H2,(H,7,8)(H,9,10)/t22-,24-,25+;17-,18+,21-;/m11./s1. The molecule has 2 fully saturated rings. The molecule has 4 heterocycles. The van der Waals surface area contributed by atoms with Crippen LogP contribution < -0.4 is 5.73 Å². The van der Waals surface area contributed by atoms with E-state index in [0.29, 0.717) is 32.1 Å². The molecule has 0 aliphatic carbocycles. The minimum Gasteiger partial charge on any atom is -0.481 e. The van der Waals surface area contributed by atoms with Gasteiger partial charge in [-0.2, -0.15) is 0 Å². The molecule has 6 rings (SSSR count). The molecule has 4 aromatic rings. The topological polar surface area (TPSA) is 314 Å². The number of Topliss-reactive ketones (excluding diaryl/α,β-unsaturated/α-hetero) is 3. The van der Waals surface area contributed by atoms with Crippen LogP contribution in [0.5, 0.6) is 0 Å². The molecule has 20 nitrogen and oxygen atoms in total. The van der Waals surface area contributed by atoms with Crippen LogP contribution in [0.25, 0.3) is 20.9 Å². The fourth-order valence-electron chi connectivity index (χ4n) is 9.19. The fraction of sp³-hybridized carbons (Fsp3) is 0.559. The Labute approximate surface area is 482 Å². The zero-order valence-corrected chi connectivity index (χ0v) is 49.4. The van der Waals surface area contributed by atoms with E-state index in [0.717, 1.165) is 43.4 Å². The monoisotopic (exact) mass is 1160 g/mol. The Balaban J connectivity index is 0.000000302. The molecule has 0 spiro atoms. The molecule has 2 aliphatic rings. The molecular formula is C59H81N5O15S2. The lowest BCUT2D eigenvalue weighted by molar-refractivity contribution is -0.146. The van der Waals surface area contributed by atoms with E-state index in [4.69, 9.17) is 25.8 Å². The van der Waals surface area contributed by atoms with Crippen LogP contribution in [0.4, 0.5) is 0 Å². The summed E-state index contributed by atoms with van der Waals surface area (Å²) in [5.41, 5.74) is 15.1. The van der Waals surface area contributed by atoms with E-state index in [-0.39, 0.29) is 107 Å². The number of ether oxygens (including phenoxy) is 2. The predicted molar refractivity (Wildman–Crippen MR) is 306 cm³/mol. The Morgan fingerprint density at radius 3 is 1.37 bits per heavy atom. The summed E-state index contributed by atoms with van der Waals surface area (Å²) in [6.45, 7) is 15.3. The first-order valence-corrected chi connectivity index (χ1v) is 28.9. The number of rotatable bonds is 26. The summed E-state index contributed by atoms with van der Waals surface area (Å²) >= 11 is 3.20. The number of hydrogen-bond acceptors (Lipinski definition) is 17. The SMILES string of the molecule is Cc1ncsc1-c1ccc(CCC(=O)[C@@H]2C[C@@H](O)CN2C(=O)[C@@H](CC(=O)COCCCC(=O)O)C(C)(C)C)cc1.Cc1ncsc1-c1ccc(CCC(=O)[C@@H]2C[C@@H](O)CN2C(=O)[C@@H](N)C(C)(C)C)cc1.O=C(O)CCCOCC(=O)O. The van der Waals surface area contributed by atoms with Gasteiger partial charge in [-0.15, -0.1) is 22.7 Å². The zero-order valence-electron chi connectivity index (χ0n) is 47.8. The third kappa shape index (κ3) is 21.9. The number of aliphatic hydroxyl groups is 2. The molecule has 2 amide bonds. The highest BCUT2D eigenvalue weighted by Gasteiger charge is 2.45. The number of likely N-dealkylation sites (tertiary alicyclic amines) is 2. The van der Waals surface area contributed by atoms with Crippen LogP contribution in [0.2, 0.25) is 0 Å². The van der Waals surface area contributed by atoms with Gasteiger partial charge in [-0.3, -0.25) is 33.6 Å². The van der Waals surface area contributed by atoms with Crippen molar-refractivity contribution in [1.82, 2.24) is 19.8 Å². The van der Waals surface area contributed by atoms with Crippen molar-refractivity contribution in [1.29, 1.82) is 0 Å². The highest BCUT2D eigenvalue weighted by Crippen LogP contribution is 2.35. The summed E-state index contributed by atoms with van der Waals surface area (Å²) in [6.07, 6.45) is 1.24. The predicted octanol–water partition coefficient (Wildman–Crippen LogP) is 6.99. The van der Waals surface area contributed by atoms with Gasteiger partial charge in [-0.25, -0.2) is 14.8 Å². The van der Waals surface area contributed by atoms with Gasteiger partial charge in [-0.1, -0.05) is 90.1 Å². The van der Waals surface area contributed by atoms with Gasteiger partial charge < -0.3 is 50.5 Å². The van der Waals surface area contributed by atoms with Crippen molar-refractivity contribution in [3.8, 4) is 20.9 Å². The van der Waals surface area contributed by atoms with E-state index in [1.54, 1.807) is 22.7 Å². The number of nitrogens with two attached hydrogens (primary N) is 1. The average Bonchev–Trinajstić information content (AvgIpc) is 4.24. The van der Waals surface area contributed by atoms with E-state index >= 15 is 0 Å². The number of hydrogen-bond donors (Lipinski definition) is 6. The number of aromatic nitrogens is 2. The van der Waals surface area contributed by atoms with E-state index in [1.165, 1.54) is 9.80 Å². The van der Waals surface area contributed by atoms with E-state index in [1.807, 2.05) is 103 Å². The first-order chi connectivity index (χ1) is 38.1. The number of β-amino-alcohol motifs (C(OH)–C–C–N with tert-alkyl or cyclic N) is 2. The number of ketones is 3. The van der Waals surface area contributed by atoms with Crippen LogP contribution in [-0.2, 0) is 60.7 Å². The first-order valence-electron chi connectivity index (χ1n) is 27.2. The number of aliphatic hydroxyl groups excluding tert-OH is 2. The highest BCUT2D eigenvalue weighted by molar-refractivity contribution is 7.13. The van der Waals surface area contributed by atoms with Crippen molar-refractivity contribution in [2.75, 3.05) is 39.5 Å². The van der Waals surface area contributed by atoms with Crippen LogP contribution in [0, 0.1) is 30.6 Å². The average molecular weight is 1160 g/mol. The summed E-state index contributed by atoms with van der Waals surface area (Å²) in [5.74, 6) is -4.52. The molecule has 2 aromatic carbocycles. The molecule has 444 valence electrons. The molecule has 7 N–H and O–H groups in total. The first kappa shape index (κ1) is 67.4. The molecular weight excluding hydrogens is 1080 g/mol. The molecule has 6 atom stereocenters. The highest BCUT2D eigenvalue weighted by atomic mass is 32.1. The molecule has 0 unspecified atom stereocenters. The Morgan fingerprint density at radius 2 is 1.01 bits per heavy atom. The van der Waals surface area contributed by atoms with E-state index in [9.17, 15) is 48.6 Å². The Bertz CT molecular complexity index is 2710. The van der Waals surface area contributed by atoms with E-state index < -0.39 is 65.0 Å². The number of carboxylic acid groups (broad SMARTS) is 3. The summed E-state index contributed by atoms with van der Waals surface area (Å²) < 4.78 is 9.90. The summed E-state index contributed by atoms with van der Waals surface area (Å²) in [6, 6.07) is 14.2. The summed E-state index contributed by atoms with van der Waals surface area (Å²) in [5, 5.41) is 45.4. The third-order valence-electron chi connectivity index (χ3n) is 13.9. The molecule has 22 heteroatoms. The van der Waals surface area contributed by atoms with Gasteiger partial charge >= 0.3 is 17.9 Å². The van der Waals surface area contributed by atoms with E-state index in [2.05, 4.69) is 26.8 Å². The van der Waals surface area contributed by atoms with Crippen molar-refractivity contribution < 1.29 is 73.4 Å². The second kappa shape index (κ2) is 31.9. The summed E-state index contributed by atoms with van der Waals surface area (Å²) in [4.78, 5) is 110. The molecule has 0 saturated carbocycles. The van der Waals surface area contributed by atoms with Crippen LogP contribution in [0.1, 0.15) is 122 Å². The Kier molecular flexibility index (Phi) is 26.5. The van der Waals surface area contributed by atoms with Crippen molar-refractivity contribution in [3.05, 3.63) is 82.1 Å². The second-order valence-electron chi connectivity index (χ2n) is 22.7. The van der Waals surface area contributed by atoms with Crippen molar-refractivity contribution in [3.63, 3.8) is 0 Å². The second-order valence-corrected chi connectivity index (χ2v) is 24.4. The fourth-order valence-corrected chi connectivity index (χ4v) is 10.8. The smallest absolute Gasteiger partial charge is 0.329 e. The van der Waals surface area contributed by atoms with Gasteiger partial charge in [0.05, 0.1) is 62.5 Å². The number of thiazole rings is 2. The lowest BCUT2D eigenvalue weighted by atomic mass is 9.76. The van der Waals surface area contributed by atoms with Gasteiger partial charge in [0.15, 0.2) is 17.3 Å². The Morgan fingerprint density at radius 1 is 0.605 bits per heavy atom. The van der Waals surface area contributed by atoms with Crippen molar-refractivity contribution in [2.45, 2.75) is 156 Å².